The number of nitrogens with two attached hydrogens (primary N) is 1. The zero-order valence-corrected chi connectivity index (χ0v) is 16.2. The summed E-state index contributed by atoms with van der Waals surface area (Å²) in [6.07, 6.45) is 6.87. The van der Waals surface area contributed by atoms with E-state index in [-0.39, 0.29) is 18.4 Å². The van der Waals surface area contributed by atoms with Gasteiger partial charge in [0.05, 0.1) is 0 Å². The number of hydrogen-bond acceptors (Lipinski definition) is 4. The molecule has 2 aromatic heterocycles. The molecular formula is C20H26ClN3S. The van der Waals surface area contributed by atoms with E-state index in [1.54, 1.807) is 11.3 Å². The van der Waals surface area contributed by atoms with Crippen molar-refractivity contribution in [2.75, 3.05) is 0 Å². The van der Waals surface area contributed by atoms with Crippen LogP contribution < -0.4 is 11.1 Å². The fourth-order valence-corrected chi connectivity index (χ4v) is 3.68. The van der Waals surface area contributed by atoms with Crippen LogP contribution in [0.25, 0.3) is 10.8 Å². The minimum absolute atomic E-state index is 0. The molecule has 0 aliphatic carbocycles. The maximum absolute atomic E-state index is 6.29. The van der Waals surface area contributed by atoms with Gasteiger partial charge in [-0.05, 0) is 71.7 Å². The molecule has 2 atom stereocenters. The number of rotatable bonds is 8. The lowest BCUT2D eigenvalue weighted by molar-refractivity contribution is 0.447. The van der Waals surface area contributed by atoms with E-state index in [2.05, 4.69) is 58.3 Å². The van der Waals surface area contributed by atoms with Gasteiger partial charge >= 0.3 is 0 Å². The molecule has 0 bridgehead atoms. The van der Waals surface area contributed by atoms with Crippen LogP contribution in [0.1, 0.15) is 30.9 Å². The molecule has 0 saturated heterocycles. The van der Waals surface area contributed by atoms with Crippen molar-refractivity contribution in [3.05, 3.63) is 64.6 Å². The lowest BCUT2D eigenvalue weighted by Gasteiger charge is -2.19. The van der Waals surface area contributed by atoms with E-state index >= 15 is 0 Å². The van der Waals surface area contributed by atoms with Gasteiger partial charge in [-0.25, -0.2) is 0 Å². The van der Waals surface area contributed by atoms with Gasteiger partial charge in [-0.1, -0.05) is 12.1 Å². The molecular weight excluding hydrogens is 350 g/mol. The Kier molecular flexibility index (Phi) is 7.85. The Bertz CT molecular complexity index is 760. The van der Waals surface area contributed by atoms with Crippen molar-refractivity contribution in [2.45, 2.75) is 44.8 Å². The van der Waals surface area contributed by atoms with E-state index in [0.29, 0.717) is 6.04 Å². The summed E-state index contributed by atoms with van der Waals surface area (Å²) in [5, 5.41) is 10.4. The smallest absolute Gasteiger partial charge is 0.0346 e. The van der Waals surface area contributed by atoms with Gasteiger partial charge in [0, 0.05) is 36.4 Å². The summed E-state index contributed by atoms with van der Waals surface area (Å²) in [4.78, 5) is 4.16. The summed E-state index contributed by atoms with van der Waals surface area (Å²) >= 11 is 1.75. The average molecular weight is 376 g/mol. The zero-order chi connectivity index (χ0) is 16.8. The van der Waals surface area contributed by atoms with Gasteiger partial charge in [0.25, 0.3) is 0 Å². The molecule has 0 fully saturated rings. The maximum Gasteiger partial charge on any atom is 0.0346 e. The van der Waals surface area contributed by atoms with Gasteiger partial charge in [-0.15, -0.1) is 12.4 Å². The minimum atomic E-state index is 0. The van der Waals surface area contributed by atoms with Crippen molar-refractivity contribution < 1.29 is 0 Å². The van der Waals surface area contributed by atoms with Gasteiger partial charge in [-0.2, -0.15) is 11.3 Å². The van der Waals surface area contributed by atoms with Crippen molar-refractivity contribution in [3.63, 3.8) is 0 Å². The van der Waals surface area contributed by atoms with E-state index in [4.69, 9.17) is 5.73 Å². The van der Waals surface area contributed by atoms with E-state index in [1.165, 1.54) is 21.9 Å². The first-order chi connectivity index (χ1) is 11.7. The second kappa shape index (κ2) is 9.88. The number of nitrogens with one attached hydrogen (secondary N) is 1. The number of hydrogen-bond donors (Lipinski definition) is 2. The first-order valence-electron chi connectivity index (χ1n) is 8.53. The van der Waals surface area contributed by atoms with Gasteiger partial charge in [-0.3, -0.25) is 4.98 Å². The minimum Gasteiger partial charge on any atom is -0.328 e. The number of pyridine rings is 1. The van der Waals surface area contributed by atoms with Crippen molar-refractivity contribution in [2.24, 2.45) is 5.73 Å². The number of nitrogens with zero attached hydrogens (tertiary/aromatic N) is 1. The second-order valence-corrected chi connectivity index (χ2v) is 7.29. The normalized spacial score (nSPS) is 13.4. The molecule has 0 radical (unpaired) electrons. The van der Waals surface area contributed by atoms with Crippen molar-refractivity contribution in [1.82, 2.24) is 10.3 Å². The van der Waals surface area contributed by atoms with Crippen LogP contribution in [0.3, 0.4) is 0 Å². The van der Waals surface area contributed by atoms with E-state index in [9.17, 15) is 0 Å². The molecule has 3 rings (SSSR count). The maximum atomic E-state index is 6.29. The molecule has 5 heteroatoms. The quantitative estimate of drug-likeness (QED) is 0.607. The Labute approximate surface area is 160 Å². The summed E-state index contributed by atoms with van der Waals surface area (Å²) in [6.45, 7) is 3.09. The SMILES string of the molecule is C[C@H](CC(N)CCc1ccsc1)NCc1ccc2cnccc2c1.Cl. The summed E-state index contributed by atoms with van der Waals surface area (Å²) < 4.78 is 0. The molecule has 0 spiro atoms. The van der Waals surface area contributed by atoms with Crippen molar-refractivity contribution in [1.29, 1.82) is 0 Å². The molecule has 3 nitrogen and oxygen atoms in total. The molecule has 0 saturated carbocycles. The molecule has 0 aliphatic heterocycles. The van der Waals surface area contributed by atoms with Gasteiger partial charge in [0.15, 0.2) is 0 Å². The van der Waals surface area contributed by atoms with Crippen LogP contribution in [0.15, 0.2) is 53.5 Å². The highest BCUT2D eigenvalue weighted by Crippen LogP contribution is 2.15. The van der Waals surface area contributed by atoms with Crippen LogP contribution in [-0.2, 0) is 13.0 Å². The number of halogens is 1. The molecule has 25 heavy (non-hydrogen) atoms. The average Bonchev–Trinajstić information content (AvgIpc) is 3.11. The van der Waals surface area contributed by atoms with Crippen LogP contribution in [-0.4, -0.2) is 17.1 Å². The Hall–Kier alpha value is -1.46. The fraction of sp³-hybridized carbons (Fsp3) is 0.350. The predicted molar refractivity (Wildman–Crippen MR) is 111 cm³/mol. The van der Waals surface area contributed by atoms with Gasteiger partial charge in [0.1, 0.15) is 0 Å². The third-order valence-electron chi connectivity index (χ3n) is 4.40. The molecule has 0 aliphatic rings. The highest BCUT2D eigenvalue weighted by atomic mass is 35.5. The molecule has 0 amide bonds. The Balaban J connectivity index is 0.00000225. The van der Waals surface area contributed by atoms with Gasteiger partial charge in [0.2, 0.25) is 0 Å². The number of aryl methyl sites for hydroxylation is 1. The van der Waals surface area contributed by atoms with Crippen LogP contribution >= 0.6 is 23.7 Å². The lowest BCUT2D eigenvalue weighted by atomic mass is 10.0. The Morgan fingerprint density at radius 3 is 2.84 bits per heavy atom. The first-order valence-corrected chi connectivity index (χ1v) is 9.47. The first kappa shape index (κ1) is 19.9. The lowest BCUT2D eigenvalue weighted by Crippen LogP contribution is -2.33. The van der Waals surface area contributed by atoms with Crippen LogP contribution in [0, 0.1) is 0 Å². The summed E-state index contributed by atoms with van der Waals surface area (Å²) in [5.41, 5.74) is 8.99. The number of fused-ring (bicyclic) bond motifs is 1. The van der Waals surface area contributed by atoms with E-state index in [0.717, 1.165) is 25.8 Å². The van der Waals surface area contributed by atoms with E-state index < -0.39 is 0 Å². The molecule has 3 N–H and O–H groups in total. The highest BCUT2D eigenvalue weighted by molar-refractivity contribution is 7.07. The molecule has 134 valence electrons. The zero-order valence-electron chi connectivity index (χ0n) is 14.5. The molecule has 2 heterocycles. The number of benzene rings is 1. The number of thiophene rings is 1. The third-order valence-corrected chi connectivity index (χ3v) is 5.13. The standard InChI is InChI=1S/C20H25N3S.ClH/c1-15(10-20(21)5-3-16-7-9-24-14-16)23-12-17-2-4-19-13-22-8-6-18(19)11-17;/h2,4,6-9,11,13-15,20,23H,3,5,10,12,21H2,1H3;1H/t15-,20?;/m1./s1. The fourth-order valence-electron chi connectivity index (χ4n) is 2.98. The number of aromatic nitrogens is 1. The highest BCUT2D eigenvalue weighted by Gasteiger charge is 2.09. The summed E-state index contributed by atoms with van der Waals surface area (Å²) in [7, 11) is 0. The third kappa shape index (κ3) is 6.08. The molecule has 1 unspecified atom stereocenters. The van der Waals surface area contributed by atoms with Crippen LogP contribution in [0.2, 0.25) is 0 Å². The molecule has 1 aromatic carbocycles. The van der Waals surface area contributed by atoms with Crippen LogP contribution in [0.5, 0.6) is 0 Å². The van der Waals surface area contributed by atoms with Gasteiger partial charge < -0.3 is 11.1 Å². The summed E-state index contributed by atoms with van der Waals surface area (Å²) in [6, 6.07) is 11.4. The largest absolute Gasteiger partial charge is 0.328 e. The monoisotopic (exact) mass is 375 g/mol. The topological polar surface area (TPSA) is 50.9 Å². The van der Waals surface area contributed by atoms with E-state index in [1.807, 2.05) is 12.4 Å². The molecule has 3 aromatic rings. The second-order valence-electron chi connectivity index (χ2n) is 6.51. The Morgan fingerprint density at radius 1 is 1.16 bits per heavy atom. The summed E-state index contributed by atoms with van der Waals surface area (Å²) in [5.74, 6) is 0. The predicted octanol–water partition coefficient (Wildman–Crippen LogP) is 4.55. The van der Waals surface area contributed by atoms with Crippen molar-refractivity contribution >= 4 is 34.5 Å². The van der Waals surface area contributed by atoms with Crippen LogP contribution in [0.4, 0.5) is 0 Å². The van der Waals surface area contributed by atoms with Crippen molar-refractivity contribution in [3.8, 4) is 0 Å². The Morgan fingerprint density at radius 2 is 2.04 bits per heavy atom.